The first kappa shape index (κ1) is 15.6. The van der Waals surface area contributed by atoms with Gasteiger partial charge in [0.05, 0.1) is 0 Å². The molecule has 0 N–H and O–H groups in total. The van der Waals surface area contributed by atoms with Crippen molar-refractivity contribution in [1.29, 1.82) is 0 Å². The van der Waals surface area contributed by atoms with Crippen LogP contribution in [0.2, 0.25) is 0 Å². The highest BCUT2D eigenvalue weighted by Gasteiger charge is 2.27. The van der Waals surface area contributed by atoms with Crippen LogP contribution in [0.1, 0.15) is 50.4 Å². The first-order valence-corrected chi connectivity index (χ1v) is 7.07. The van der Waals surface area contributed by atoms with E-state index in [-0.39, 0.29) is 0 Å². The van der Waals surface area contributed by atoms with Crippen LogP contribution in [0.4, 0.5) is 0 Å². The monoisotopic (exact) mass is 260 g/mol. The number of benzene rings is 1. The fraction of sp³-hybridized carbons (Fsp3) is 0.529. The zero-order valence-corrected chi connectivity index (χ0v) is 12.1. The van der Waals surface area contributed by atoms with Gasteiger partial charge in [0.2, 0.25) is 0 Å². The highest BCUT2D eigenvalue weighted by molar-refractivity contribution is 5.82. The Morgan fingerprint density at radius 1 is 1.16 bits per heavy atom. The Kier molecular flexibility index (Phi) is 6.48. The summed E-state index contributed by atoms with van der Waals surface area (Å²) in [4.78, 5) is 21.5. The standard InChI is InChI=1S/C10H18O.C7H6O/c1-7(2)9-5-4-8(3)6-10(9)11;8-6-7-4-2-1-3-5-7/h7-9H,4-6H2,1-3H3;1-6H/t8-,9+;/m0./s1. The molecule has 0 radical (unpaired) electrons. The van der Waals surface area contributed by atoms with Crippen LogP contribution in [0, 0.1) is 17.8 Å². The quantitative estimate of drug-likeness (QED) is 0.749. The molecule has 2 nitrogen and oxygen atoms in total. The Balaban J connectivity index is 0.000000200. The van der Waals surface area contributed by atoms with Crippen molar-refractivity contribution in [2.75, 3.05) is 0 Å². The van der Waals surface area contributed by atoms with Gasteiger partial charge in [0.1, 0.15) is 12.1 Å². The maximum Gasteiger partial charge on any atom is 0.150 e. The lowest BCUT2D eigenvalue weighted by molar-refractivity contribution is -0.127. The Hall–Kier alpha value is -1.44. The van der Waals surface area contributed by atoms with Crippen LogP contribution in [-0.2, 0) is 4.79 Å². The summed E-state index contributed by atoms with van der Waals surface area (Å²) >= 11 is 0. The lowest BCUT2D eigenvalue weighted by Gasteiger charge is -2.27. The highest BCUT2D eigenvalue weighted by Crippen LogP contribution is 2.29. The van der Waals surface area contributed by atoms with Crippen LogP contribution >= 0.6 is 0 Å². The molecule has 1 saturated carbocycles. The van der Waals surface area contributed by atoms with E-state index in [9.17, 15) is 9.59 Å². The van der Waals surface area contributed by atoms with E-state index in [4.69, 9.17) is 0 Å². The molecule has 1 aliphatic rings. The third-order valence-electron chi connectivity index (χ3n) is 3.67. The molecule has 2 atom stereocenters. The van der Waals surface area contributed by atoms with Gasteiger partial charge in [-0.05, 0) is 24.7 Å². The molecule has 1 aliphatic carbocycles. The number of Topliss-reactive ketones (excluding diaryl/α,β-unsaturated/α-hetero) is 1. The van der Waals surface area contributed by atoms with Crippen LogP contribution in [-0.4, -0.2) is 12.1 Å². The Morgan fingerprint density at radius 2 is 1.79 bits per heavy atom. The molecule has 0 amide bonds. The Bertz CT molecular complexity index is 395. The van der Waals surface area contributed by atoms with E-state index in [0.717, 1.165) is 24.7 Å². The molecule has 0 heterocycles. The second-order valence-corrected chi connectivity index (χ2v) is 5.73. The predicted molar refractivity (Wildman–Crippen MR) is 78.2 cm³/mol. The number of hydrogen-bond donors (Lipinski definition) is 0. The topological polar surface area (TPSA) is 34.1 Å². The van der Waals surface area contributed by atoms with Crippen molar-refractivity contribution in [2.24, 2.45) is 17.8 Å². The molecule has 19 heavy (non-hydrogen) atoms. The second-order valence-electron chi connectivity index (χ2n) is 5.73. The lowest BCUT2D eigenvalue weighted by atomic mass is 9.77. The summed E-state index contributed by atoms with van der Waals surface area (Å²) < 4.78 is 0. The number of carbonyl (C=O) groups is 2. The maximum atomic E-state index is 11.4. The number of ketones is 1. The fourth-order valence-corrected chi connectivity index (χ4v) is 2.46. The van der Waals surface area contributed by atoms with Gasteiger partial charge in [-0.15, -0.1) is 0 Å². The van der Waals surface area contributed by atoms with Gasteiger partial charge in [-0.3, -0.25) is 9.59 Å². The van der Waals surface area contributed by atoms with Crippen molar-refractivity contribution in [3.63, 3.8) is 0 Å². The van der Waals surface area contributed by atoms with Crippen LogP contribution in [0.25, 0.3) is 0 Å². The van der Waals surface area contributed by atoms with Gasteiger partial charge in [0.25, 0.3) is 0 Å². The van der Waals surface area contributed by atoms with Gasteiger partial charge < -0.3 is 0 Å². The van der Waals surface area contributed by atoms with Gasteiger partial charge in [0.15, 0.2) is 0 Å². The number of rotatable bonds is 2. The van der Waals surface area contributed by atoms with Crippen LogP contribution < -0.4 is 0 Å². The van der Waals surface area contributed by atoms with E-state index in [1.165, 1.54) is 6.42 Å². The molecule has 2 rings (SSSR count). The van der Waals surface area contributed by atoms with Crippen molar-refractivity contribution in [3.8, 4) is 0 Å². The molecule has 1 aromatic carbocycles. The van der Waals surface area contributed by atoms with E-state index in [0.29, 0.717) is 23.5 Å². The number of aldehydes is 1. The van der Waals surface area contributed by atoms with Crippen LogP contribution in [0.5, 0.6) is 0 Å². The average molecular weight is 260 g/mol. The summed E-state index contributed by atoms with van der Waals surface area (Å²) in [7, 11) is 0. The summed E-state index contributed by atoms with van der Waals surface area (Å²) in [5.41, 5.74) is 0.729. The molecule has 0 aliphatic heterocycles. The average Bonchev–Trinajstić information content (AvgIpc) is 2.40. The predicted octanol–water partition coefficient (Wildman–Crippen LogP) is 4.15. The maximum absolute atomic E-state index is 11.4. The Morgan fingerprint density at radius 3 is 2.21 bits per heavy atom. The minimum absolute atomic E-state index is 0.367. The zero-order chi connectivity index (χ0) is 14.3. The van der Waals surface area contributed by atoms with E-state index in [2.05, 4.69) is 20.8 Å². The summed E-state index contributed by atoms with van der Waals surface area (Å²) in [5, 5.41) is 0. The first-order chi connectivity index (χ1) is 9.04. The van der Waals surface area contributed by atoms with Gasteiger partial charge >= 0.3 is 0 Å². The number of carbonyl (C=O) groups excluding carboxylic acids is 2. The lowest BCUT2D eigenvalue weighted by Crippen LogP contribution is -2.27. The largest absolute Gasteiger partial charge is 0.299 e. The van der Waals surface area contributed by atoms with E-state index < -0.39 is 0 Å². The minimum atomic E-state index is 0.367. The normalized spacial score (nSPS) is 22.6. The van der Waals surface area contributed by atoms with Gasteiger partial charge in [0, 0.05) is 17.9 Å². The van der Waals surface area contributed by atoms with Gasteiger partial charge in [-0.2, -0.15) is 0 Å². The third kappa shape index (κ3) is 5.37. The second kappa shape index (κ2) is 7.88. The van der Waals surface area contributed by atoms with Gasteiger partial charge in [-0.1, -0.05) is 51.1 Å². The molecule has 104 valence electrons. The van der Waals surface area contributed by atoms with Crippen molar-refractivity contribution < 1.29 is 9.59 Å². The summed E-state index contributed by atoms with van der Waals surface area (Å²) in [5.74, 6) is 2.05. The smallest absolute Gasteiger partial charge is 0.150 e. The highest BCUT2D eigenvalue weighted by atomic mass is 16.1. The molecule has 0 saturated heterocycles. The van der Waals surface area contributed by atoms with Crippen molar-refractivity contribution in [1.82, 2.24) is 0 Å². The molecule has 0 aromatic heterocycles. The molecule has 2 heteroatoms. The molecular formula is C17H24O2. The summed E-state index contributed by atoms with van der Waals surface area (Å²) in [6.07, 6.45) is 4.02. The molecule has 0 bridgehead atoms. The van der Waals surface area contributed by atoms with E-state index in [1.54, 1.807) is 12.1 Å². The Labute approximate surface area is 116 Å². The molecule has 1 fully saturated rings. The molecular weight excluding hydrogens is 236 g/mol. The van der Waals surface area contributed by atoms with Crippen molar-refractivity contribution in [2.45, 2.75) is 40.0 Å². The van der Waals surface area contributed by atoms with Crippen molar-refractivity contribution >= 4 is 12.1 Å². The third-order valence-corrected chi connectivity index (χ3v) is 3.67. The van der Waals surface area contributed by atoms with Crippen molar-refractivity contribution in [3.05, 3.63) is 35.9 Å². The van der Waals surface area contributed by atoms with E-state index >= 15 is 0 Å². The first-order valence-electron chi connectivity index (χ1n) is 7.07. The molecule has 0 spiro atoms. The number of hydrogen-bond acceptors (Lipinski definition) is 2. The molecule has 0 unspecified atom stereocenters. The fourth-order valence-electron chi connectivity index (χ4n) is 2.46. The minimum Gasteiger partial charge on any atom is -0.299 e. The summed E-state index contributed by atoms with van der Waals surface area (Å²) in [6, 6.07) is 9.10. The van der Waals surface area contributed by atoms with Crippen LogP contribution in [0.3, 0.4) is 0 Å². The zero-order valence-electron chi connectivity index (χ0n) is 12.1. The van der Waals surface area contributed by atoms with Crippen LogP contribution in [0.15, 0.2) is 30.3 Å². The molecule has 1 aromatic rings. The SMILES string of the molecule is CC(C)[C@H]1CC[C@H](C)CC1=O.O=Cc1ccccc1. The van der Waals surface area contributed by atoms with E-state index in [1.807, 2.05) is 18.2 Å². The summed E-state index contributed by atoms with van der Waals surface area (Å²) in [6.45, 7) is 6.48. The van der Waals surface area contributed by atoms with Gasteiger partial charge in [-0.25, -0.2) is 0 Å².